The van der Waals surface area contributed by atoms with Gasteiger partial charge >= 0.3 is 0 Å². The fourth-order valence-corrected chi connectivity index (χ4v) is 4.25. The molecule has 0 N–H and O–H groups in total. The molecule has 0 saturated carbocycles. The molecule has 6 heteroatoms. The first-order valence-corrected chi connectivity index (χ1v) is 8.81. The minimum atomic E-state index is -0.296. The summed E-state index contributed by atoms with van der Waals surface area (Å²) in [6.45, 7) is 2.58. The third kappa shape index (κ3) is 2.89. The van der Waals surface area contributed by atoms with Gasteiger partial charge in [-0.3, -0.25) is 9.59 Å². The number of carbonyl (C=O) groups excluding carboxylic acids is 2. The molecule has 1 aromatic carbocycles. The van der Waals surface area contributed by atoms with Crippen LogP contribution in [0.4, 0.5) is 5.69 Å². The highest BCUT2D eigenvalue weighted by molar-refractivity contribution is 5.96. The van der Waals surface area contributed by atoms with Crippen LogP contribution in [0.3, 0.4) is 0 Å². The quantitative estimate of drug-likeness (QED) is 0.822. The molecule has 3 aliphatic heterocycles. The second-order valence-corrected chi connectivity index (χ2v) is 7.33. The Bertz CT molecular complexity index is 751. The predicted octanol–water partition coefficient (Wildman–Crippen LogP) is 1.69. The van der Waals surface area contributed by atoms with Gasteiger partial charge in [0.15, 0.2) is 0 Å². The molecule has 3 aliphatic rings. The maximum atomic E-state index is 12.6. The van der Waals surface area contributed by atoms with E-state index in [1.165, 1.54) is 0 Å². The third-order valence-electron chi connectivity index (χ3n) is 5.56. The molecule has 25 heavy (non-hydrogen) atoms. The average molecular weight is 339 g/mol. The molecule has 0 bridgehead atoms. The van der Waals surface area contributed by atoms with Gasteiger partial charge in [0.05, 0.1) is 11.6 Å². The second kappa shape index (κ2) is 6.16. The van der Waals surface area contributed by atoms with Gasteiger partial charge in [-0.25, -0.2) is 0 Å². The van der Waals surface area contributed by atoms with Gasteiger partial charge < -0.3 is 14.5 Å². The van der Waals surface area contributed by atoms with Crippen LogP contribution in [0, 0.1) is 16.7 Å². The monoisotopic (exact) mass is 339 g/mol. The van der Waals surface area contributed by atoms with E-state index in [0.717, 1.165) is 24.9 Å². The van der Waals surface area contributed by atoms with E-state index >= 15 is 0 Å². The van der Waals surface area contributed by atoms with Gasteiger partial charge in [-0.2, -0.15) is 5.26 Å². The Labute approximate surface area is 147 Å². The molecule has 6 nitrogen and oxygen atoms in total. The Morgan fingerprint density at radius 2 is 2.24 bits per heavy atom. The van der Waals surface area contributed by atoms with E-state index in [2.05, 4.69) is 6.07 Å². The molecule has 3 saturated heterocycles. The van der Waals surface area contributed by atoms with Crippen LogP contribution in [-0.4, -0.2) is 49.1 Å². The van der Waals surface area contributed by atoms with Gasteiger partial charge in [0.1, 0.15) is 6.10 Å². The molecule has 3 fully saturated rings. The number of ether oxygens (including phenoxy) is 1. The SMILES string of the molecule is N#Cc1cccc(N2CC3(CCN(C(=O)[C@@H]4CCCO4)C3)CC2=O)c1. The molecule has 3 heterocycles. The van der Waals surface area contributed by atoms with Crippen molar-refractivity contribution in [1.29, 1.82) is 5.26 Å². The lowest BCUT2D eigenvalue weighted by Gasteiger charge is -2.25. The number of nitrogens with zero attached hydrogens (tertiary/aromatic N) is 3. The number of anilines is 1. The summed E-state index contributed by atoms with van der Waals surface area (Å²) in [5, 5.41) is 9.07. The zero-order valence-electron chi connectivity index (χ0n) is 14.1. The Kier molecular flexibility index (Phi) is 3.97. The van der Waals surface area contributed by atoms with Crippen LogP contribution >= 0.6 is 0 Å². The van der Waals surface area contributed by atoms with Crippen molar-refractivity contribution in [2.24, 2.45) is 5.41 Å². The van der Waals surface area contributed by atoms with Crippen molar-refractivity contribution in [2.75, 3.05) is 31.1 Å². The Morgan fingerprint density at radius 1 is 1.36 bits per heavy atom. The topological polar surface area (TPSA) is 73.6 Å². The van der Waals surface area contributed by atoms with Crippen LogP contribution in [0.2, 0.25) is 0 Å². The summed E-state index contributed by atoms with van der Waals surface area (Å²) >= 11 is 0. The summed E-state index contributed by atoms with van der Waals surface area (Å²) in [5.74, 6) is 0.147. The lowest BCUT2D eigenvalue weighted by Crippen LogP contribution is -2.39. The van der Waals surface area contributed by atoms with E-state index in [4.69, 9.17) is 10.00 Å². The molecule has 0 aliphatic carbocycles. The fraction of sp³-hybridized carbons (Fsp3) is 0.526. The number of hydrogen-bond acceptors (Lipinski definition) is 4. The van der Waals surface area contributed by atoms with Crippen LogP contribution < -0.4 is 4.90 Å². The molecular formula is C19H21N3O3. The molecule has 4 rings (SSSR count). The maximum Gasteiger partial charge on any atom is 0.251 e. The van der Waals surface area contributed by atoms with Crippen molar-refractivity contribution >= 4 is 17.5 Å². The highest BCUT2D eigenvalue weighted by Gasteiger charge is 2.49. The minimum Gasteiger partial charge on any atom is -0.368 e. The Balaban J connectivity index is 1.48. The number of nitriles is 1. The van der Waals surface area contributed by atoms with Crippen molar-refractivity contribution in [3.63, 3.8) is 0 Å². The van der Waals surface area contributed by atoms with Gasteiger partial charge in [-0.1, -0.05) is 6.07 Å². The summed E-state index contributed by atoms with van der Waals surface area (Å²) in [6.07, 6.45) is 2.74. The normalized spacial score (nSPS) is 28.8. The average Bonchev–Trinajstić information content (AvgIpc) is 3.36. The highest BCUT2D eigenvalue weighted by Crippen LogP contribution is 2.42. The number of amides is 2. The summed E-state index contributed by atoms with van der Waals surface area (Å²) in [5.41, 5.74) is 1.14. The molecule has 0 aromatic heterocycles. The van der Waals surface area contributed by atoms with E-state index in [9.17, 15) is 9.59 Å². The third-order valence-corrected chi connectivity index (χ3v) is 5.56. The van der Waals surface area contributed by atoms with Crippen molar-refractivity contribution in [1.82, 2.24) is 4.90 Å². The summed E-state index contributed by atoms with van der Waals surface area (Å²) in [6, 6.07) is 9.26. The van der Waals surface area contributed by atoms with E-state index in [1.807, 2.05) is 11.0 Å². The van der Waals surface area contributed by atoms with E-state index in [-0.39, 0.29) is 23.3 Å². The predicted molar refractivity (Wildman–Crippen MR) is 90.7 cm³/mol. The lowest BCUT2D eigenvalue weighted by atomic mass is 9.86. The van der Waals surface area contributed by atoms with Gasteiger partial charge in [0, 0.05) is 43.8 Å². The van der Waals surface area contributed by atoms with Crippen molar-refractivity contribution in [3.05, 3.63) is 29.8 Å². The largest absolute Gasteiger partial charge is 0.368 e. The zero-order chi connectivity index (χ0) is 17.4. The van der Waals surface area contributed by atoms with Crippen LogP contribution in [0.15, 0.2) is 24.3 Å². The first-order valence-electron chi connectivity index (χ1n) is 8.81. The number of carbonyl (C=O) groups is 2. The van der Waals surface area contributed by atoms with E-state index in [0.29, 0.717) is 38.2 Å². The first kappa shape index (κ1) is 16.1. The number of benzene rings is 1. The Morgan fingerprint density at radius 3 is 3.00 bits per heavy atom. The molecular weight excluding hydrogens is 318 g/mol. The van der Waals surface area contributed by atoms with Crippen LogP contribution in [0.5, 0.6) is 0 Å². The van der Waals surface area contributed by atoms with Crippen LogP contribution in [-0.2, 0) is 14.3 Å². The van der Waals surface area contributed by atoms with Crippen LogP contribution in [0.1, 0.15) is 31.2 Å². The zero-order valence-corrected chi connectivity index (χ0v) is 14.1. The molecule has 2 amide bonds. The van der Waals surface area contributed by atoms with Gasteiger partial charge in [0.25, 0.3) is 5.91 Å². The lowest BCUT2D eigenvalue weighted by molar-refractivity contribution is -0.140. The summed E-state index contributed by atoms with van der Waals surface area (Å²) < 4.78 is 5.52. The van der Waals surface area contributed by atoms with E-state index in [1.54, 1.807) is 23.1 Å². The Hall–Kier alpha value is -2.39. The van der Waals surface area contributed by atoms with Crippen molar-refractivity contribution < 1.29 is 14.3 Å². The number of likely N-dealkylation sites (tertiary alicyclic amines) is 1. The molecule has 0 radical (unpaired) electrons. The molecule has 1 spiro atoms. The number of rotatable bonds is 2. The molecule has 1 aromatic rings. The van der Waals surface area contributed by atoms with Gasteiger partial charge in [-0.15, -0.1) is 0 Å². The second-order valence-electron chi connectivity index (χ2n) is 7.33. The summed E-state index contributed by atoms with van der Waals surface area (Å²) in [4.78, 5) is 28.8. The molecule has 2 atom stereocenters. The van der Waals surface area contributed by atoms with Gasteiger partial charge in [-0.05, 0) is 37.5 Å². The van der Waals surface area contributed by atoms with Crippen molar-refractivity contribution in [2.45, 2.75) is 31.8 Å². The molecule has 1 unspecified atom stereocenters. The maximum absolute atomic E-state index is 12.6. The fourth-order valence-electron chi connectivity index (χ4n) is 4.25. The standard InChI is InChI=1S/C19H21N3O3/c20-11-14-3-1-4-15(9-14)22-13-19(10-17(22)23)6-7-21(12-19)18(24)16-5-2-8-25-16/h1,3-4,9,16H,2,5-8,10,12-13H2/t16-,19?/m0/s1. The first-order chi connectivity index (χ1) is 12.1. The minimum absolute atomic E-state index is 0.0708. The smallest absolute Gasteiger partial charge is 0.251 e. The highest BCUT2D eigenvalue weighted by atomic mass is 16.5. The summed E-state index contributed by atoms with van der Waals surface area (Å²) in [7, 11) is 0. The molecule has 130 valence electrons. The van der Waals surface area contributed by atoms with Crippen LogP contribution in [0.25, 0.3) is 0 Å². The van der Waals surface area contributed by atoms with E-state index < -0.39 is 0 Å². The van der Waals surface area contributed by atoms with Crippen molar-refractivity contribution in [3.8, 4) is 6.07 Å². The number of hydrogen-bond donors (Lipinski definition) is 0. The van der Waals surface area contributed by atoms with Gasteiger partial charge in [0.2, 0.25) is 5.91 Å².